The Bertz CT molecular complexity index is 2390. The van der Waals surface area contributed by atoms with Crippen LogP contribution in [0.1, 0.15) is 75.1 Å². The Kier molecular flexibility index (Phi) is 10.2. The summed E-state index contributed by atoms with van der Waals surface area (Å²) in [7, 11) is 4.92. The second-order valence-electron chi connectivity index (χ2n) is 15.4. The molecule has 298 valence electrons. The second-order valence-corrected chi connectivity index (χ2v) is 15.4. The van der Waals surface area contributed by atoms with E-state index in [-0.39, 0.29) is 23.6 Å². The minimum atomic E-state index is -0.635. The third kappa shape index (κ3) is 6.92. The zero-order valence-corrected chi connectivity index (χ0v) is 33.4. The minimum absolute atomic E-state index is 0.162. The van der Waals surface area contributed by atoms with Crippen molar-refractivity contribution in [1.82, 2.24) is 9.80 Å². The average molecular weight is 782 g/mol. The van der Waals surface area contributed by atoms with Crippen molar-refractivity contribution in [3.8, 4) is 17.2 Å². The Morgan fingerprint density at radius 3 is 1.64 bits per heavy atom. The van der Waals surface area contributed by atoms with E-state index in [1.165, 1.54) is 7.11 Å². The van der Waals surface area contributed by atoms with Gasteiger partial charge in [0.05, 0.1) is 42.8 Å². The molecule has 4 heterocycles. The first-order valence-corrected chi connectivity index (χ1v) is 19.6. The van der Waals surface area contributed by atoms with Gasteiger partial charge in [-0.1, -0.05) is 42.0 Å². The van der Waals surface area contributed by atoms with Gasteiger partial charge in [0.15, 0.2) is 11.5 Å². The molecule has 0 aromatic heterocycles. The number of unbranched alkanes of at least 4 members (excludes halogenated alkanes) is 2. The number of hydrogen-bond acceptors (Lipinski definition) is 8. The topological polar surface area (TPSA) is 135 Å². The van der Waals surface area contributed by atoms with E-state index in [1.807, 2.05) is 62.4 Å². The lowest BCUT2D eigenvalue weighted by Gasteiger charge is -2.22. The molecule has 0 saturated carbocycles. The van der Waals surface area contributed by atoms with Crippen molar-refractivity contribution in [2.45, 2.75) is 58.0 Å². The number of methoxy groups -OCH3 is 1. The average Bonchev–Trinajstić information content (AvgIpc) is 3.86. The maximum Gasteiger partial charge on any atom is 0.260 e. The van der Waals surface area contributed by atoms with Crippen LogP contribution in [0.4, 0.5) is 17.1 Å². The van der Waals surface area contributed by atoms with E-state index in [2.05, 4.69) is 0 Å². The van der Waals surface area contributed by atoms with Crippen LogP contribution in [0.5, 0.6) is 17.2 Å². The summed E-state index contributed by atoms with van der Waals surface area (Å²) < 4.78 is 18.0. The van der Waals surface area contributed by atoms with Gasteiger partial charge in [-0.2, -0.15) is 0 Å². The molecule has 4 aromatic rings. The molecule has 0 bridgehead atoms. The van der Waals surface area contributed by atoms with E-state index in [9.17, 15) is 19.2 Å². The Labute approximate surface area is 338 Å². The number of likely N-dealkylation sites (N-methyl/N-ethyl adjacent to an activating group) is 2. The molecular formula is C46H47N5O7. The van der Waals surface area contributed by atoms with Crippen molar-refractivity contribution < 1.29 is 33.4 Å². The highest BCUT2D eigenvalue weighted by atomic mass is 16.5. The third-order valence-electron chi connectivity index (χ3n) is 11.6. The normalized spacial score (nSPS) is 18.6. The maximum absolute atomic E-state index is 13.9. The molecule has 0 saturated heterocycles. The van der Waals surface area contributed by atoms with Crippen LogP contribution in [0.25, 0.3) is 11.1 Å². The van der Waals surface area contributed by atoms with Gasteiger partial charge in [-0.25, -0.2) is 0 Å². The number of carbonyl (C=O) groups excluding carboxylic acids is 4. The smallest absolute Gasteiger partial charge is 0.260 e. The van der Waals surface area contributed by atoms with E-state index in [0.717, 1.165) is 52.7 Å². The molecule has 2 unspecified atom stereocenters. The van der Waals surface area contributed by atoms with Gasteiger partial charge in [-0.3, -0.25) is 19.2 Å². The summed E-state index contributed by atoms with van der Waals surface area (Å²) in [6.45, 7) is 4.74. The predicted molar refractivity (Wildman–Crippen MR) is 223 cm³/mol. The number of nitrogens with two attached hydrogens (primary N) is 1. The number of nitrogen functional groups attached to an aromatic ring is 1. The molecule has 0 fully saturated rings. The van der Waals surface area contributed by atoms with Crippen LogP contribution < -0.4 is 29.7 Å². The lowest BCUT2D eigenvalue weighted by Crippen LogP contribution is -2.42. The Morgan fingerprint density at radius 1 is 0.621 bits per heavy atom. The highest BCUT2D eigenvalue weighted by Gasteiger charge is 2.43. The van der Waals surface area contributed by atoms with Gasteiger partial charge in [0.25, 0.3) is 11.8 Å². The summed E-state index contributed by atoms with van der Waals surface area (Å²) in [6, 6.07) is 21.2. The lowest BCUT2D eigenvalue weighted by atomic mass is 10.0. The van der Waals surface area contributed by atoms with Crippen LogP contribution in [-0.4, -0.2) is 79.9 Å². The van der Waals surface area contributed by atoms with Crippen LogP contribution in [0.3, 0.4) is 0 Å². The molecule has 4 amide bonds. The largest absolute Gasteiger partial charge is 0.493 e. The van der Waals surface area contributed by atoms with Gasteiger partial charge in [0, 0.05) is 57.2 Å². The SMILES string of the molecule is COc1cc2c(cc1OCCCCCOc1cc3c(cc1C)C(=O)N1C=C(c4ccc(N)cc4)CC1C(=O)N3C)N(C)C(=O)C1CC(c3ccc(C)cc3)=CN1C2=O. The van der Waals surface area contributed by atoms with Crippen molar-refractivity contribution in [2.75, 3.05) is 50.0 Å². The number of benzene rings is 4. The number of anilines is 3. The van der Waals surface area contributed by atoms with Gasteiger partial charge < -0.3 is 39.5 Å². The van der Waals surface area contributed by atoms with Crippen molar-refractivity contribution >= 4 is 51.8 Å². The van der Waals surface area contributed by atoms with Crippen molar-refractivity contribution in [1.29, 1.82) is 0 Å². The summed E-state index contributed by atoms with van der Waals surface area (Å²) in [5, 5.41) is 0. The van der Waals surface area contributed by atoms with Crippen molar-refractivity contribution in [3.63, 3.8) is 0 Å². The summed E-state index contributed by atoms with van der Waals surface area (Å²) in [5.41, 5.74) is 14.1. The molecular weight excluding hydrogens is 735 g/mol. The molecule has 4 aliphatic rings. The van der Waals surface area contributed by atoms with E-state index in [0.29, 0.717) is 71.5 Å². The van der Waals surface area contributed by atoms with Crippen LogP contribution in [0, 0.1) is 13.8 Å². The fraction of sp³-hybridized carbons (Fsp3) is 0.304. The van der Waals surface area contributed by atoms with E-state index >= 15 is 0 Å². The summed E-state index contributed by atoms with van der Waals surface area (Å²) in [4.78, 5) is 61.3. The Hall–Kier alpha value is -6.56. The maximum atomic E-state index is 13.9. The summed E-state index contributed by atoms with van der Waals surface area (Å²) in [5.74, 6) is 0.666. The first kappa shape index (κ1) is 38.3. The number of nitrogens with zero attached hydrogens (tertiary/aromatic N) is 4. The van der Waals surface area contributed by atoms with Crippen LogP contribution >= 0.6 is 0 Å². The lowest BCUT2D eigenvalue weighted by molar-refractivity contribution is -0.122. The molecule has 4 aliphatic heterocycles. The van der Waals surface area contributed by atoms with Gasteiger partial charge >= 0.3 is 0 Å². The molecule has 58 heavy (non-hydrogen) atoms. The first-order valence-electron chi connectivity index (χ1n) is 19.6. The Morgan fingerprint density at radius 2 is 1.10 bits per heavy atom. The van der Waals surface area contributed by atoms with Crippen LogP contribution in [0.15, 0.2) is 85.2 Å². The molecule has 2 atom stereocenters. The van der Waals surface area contributed by atoms with Crippen LogP contribution in [0.2, 0.25) is 0 Å². The third-order valence-corrected chi connectivity index (χ3v) is 11.6. The highest BCUT2D eigenvalue weighted by Crippen LogP contribution is 2.42. The molecule has 0 radical (unpaired) electrons. The fourth-order valence-corrected chi connectivity index (χ4v) is 8.16. The number of fused-ring (bicyclic) bond motifs is 4. The molecule has 8 rings (SSSR count). The molecule has 4 aromatic carbocycles. The number of ether oxygens (including phenoxy) is 3. The standard InChI is InChI=1S/C46H47N5O7/c1-27-9-11-29(12-10-27)31-20-39-46(55)49(4)37-24-42(41(56-5)22-35(37)44(53)51(39)25-31)58-18-8-6-7-17-57-40-23-36-34(19-28(40)2)43(52)50-26-32(21-38(50)45(54)48(36)3)30-13-15-33(47)16-14-30/h9-16,19,22-26,38-39H,6-8,17-18,20-21,47H2,1-5H3. The number of aryl methyl sites for hydroxylation is 2. The zero-order chi connectivity index (χ0) is 40.8. The number of rotatable bonds is 11. The Balaban J connectivity index is 0.879. The number of amides is 4. The highest BCUT2D eigenvalue weighted by molar-refractivity contribution is 6.14. The minimum Gasteiger partial charge on any atom is -0.493 e. The number of carbonyl (C=O) groups is 4. The quantitative estimate of drug-likeness (QED) is 0.127. The van der Waals surface area contributed by atoms with Gasteiger partial charge in [-0.05, 0) is 85.2 Å². The second kappa shape index (κ2) is 15.4. The molecule has 0 spiro atoms. The fourth-order valence-electron chi connectivity index (χ4n) is 8.16. The molecule has 0 aliphatic carbocycles. The van der Waals surface area contributed by atoms with Crippen LogP contribution in [-0.2, 0) is 9.59 Å². The van der Waals surface area contributed by atoms with Crippen molar-refractivity contribution in [2.24, 2.45) is 0 Å². The molecule has 12 nitrogen and oxygen atoms in total. The predicted octanol–water partition coefficient (Wildman–Crippen LogP) is 6.99. The van der Waals surface area contributed by atoms with E-state index in [1.54, 1.807) is 70.4 Å². The summed E-state index contributed by atoms with van der Waals surface area (Å²) in [6.07, 6.45) is 6.70. The monoisotopic (exact) mass is 781 g/mol. The van der Waals surface area contributed by atoms with Gasteiger partial charge in [0.1, 0.15) is 17.8 Å². The first-order chi connectivity index (χ1) is 27.9. The zero-order valence-electron chi connectivity index (χ0n) is 33.4. The van der Waals surface area contributed by atoms with E-state index in [4.69, 9.17) is 19.9 Å². The number of hydrogen-bond donors (Lipinski definition) is 1. The van der Waals surface area contributed by atoms with Gasteiger partial charge in [0.2, 0.25) is 11.8 Å². The van der Waals surface area contributed by atoms with Gasteiger partial charge in [-0.15, -0.1) is 0 Å². The molecule has 12 heteroatoms. The van der Waals surface area contributed by atoms with Crippen molar-refractivity contribution in [3.05, 3.63) is 119 Å². The summed E-state index contributed by atoms with van der Waals surface area (Å²) >= 11 is 0. The van der Waals surface area contributed by atoms with E-state index < -0.39 is 12.1 Å². The molecule has 2 N–H and O–H groups in total.